The Morgan fingerprint density at radius 3 is 2.70 bits per heavy atom. The quantitative estimate of drug-likeness (QED) is 0.590. The topological polar surface area (TPSA) is 23.5 Å². The molecule has 0 unspecified atom stereocenters. The highest BCUT2D eigenvalue weighted by molar-refractivity contribution is 7.99. The molecule has 1 N–H and O–H groups in total. The summed E-state index contributed by atoms with van der Waals surface area (Å²) in [4.78, 5) is 2.39. The first-order valence-electron chi connectivity index (χ1n) is 3.86. The van der Waals surface area contributed by atoms with Crippen molar-refractivity contribution >= 4 is 11.8 Å². The number of hydrogen-bond donors (Lipinski definition) is 1. The van der Waals surface area contributed by atoms with Crippen molar-refractivity contribution in [3.8, 4) is 0 Å². The molecule has 0 radical (unpaired) electrons. The number of β-amino-alcohol motifs (C(OH)–C–C–N with tert-alkyl or cyclic N) is 1. The molecule has 2 aliphatic rings. The van der Waals surface area contributed by atoms with Crippen LogP contribution in [0.2, 0.25) is 0 Å². The third-order valence-corrected chi connectivity index (χ3v) is 3.46. The van der Waals surface area contributed by atoms with E-state index in [4.69, 9.17) is 5.11 Å². The summed E-state index contributed by atoms with van der Waals surface area (Å²) in [6, 6.07) is 0.786. The van der Waals surface area contributed by atoms with Crippen LogP contribution in [0.5, 0.6) is 0 Å². The van der Waals surface area contributed by atoms with Gasteiger partial charge in [-0.1, -0.05) is 0 Å². The Kier molecular flexibility index (Phi) is 1.89. The number of hydrogen-bond acceptors (Lipinski definition) is 3. The van der Waals surface area contributed by atoms with Crippen LogP contribution in [0, 0.1) is 0 Å². The molecule has 0 aromatic rings. The van der Waals surface area contributed by atoms with Gasteiger partial charge in [-0.25, -0.2) is 0 Å². The molecule has 0 bridgehead atoms. The lowest BCUT2D eigenvalue weighted by Crippen LogP contribution is -2.55. The van der Waals surface area contributed by atoms with E-state index in [0.29, 0.717) is 0 Å². The number of aliphatic hydroxyl groups is 1. The first-order chi connectivity index (χ1) is 4.86. The third kappa shape index (κ3) is 1.18. The zero-order chi connectivity index (χ0) is 6.97. The summed E-state index contributed by atoms with van der Waals surface area (Å²) in [6.07, 6.45) is 1.31. The van der Waals surface area contributed by atoms with Crippen molar-refractivity contribution in [2.24, 2.45) is 0 Å². The summed E-state index contributed by atoms with van der Waals surface area (Å²) in [6.45, 7) is 1.84. The van der Waals surface area contributed by atoms with Crippen molar-refractivity contribution in [2.75, 3.05) is 24.6 Å². The molecule has 0 aliphatic carbocycles. The summed E-state index contributed by atoms with van der Waals surface area (Å²) >= 11 is 2.04. The lowest BCUT2D eigenvalue weighted by Gasteiger charge is -2.40. The standard InChI is InChI=1S/C7H13NOS/c9-7-3-8(4-7)6-1-2-10-5-6/h6-7,9H,1-5H2/t6-/m1/s1. The van der Waals surface area contributed by atoms with Crippen LogP contribution in [0.1, 0.15) is 6.42 Å². The van der Waals surface area contributed by atoms with E-state index in [1.54, 1.807) is 0 Å². The maximum atomic E-state index is 9.03. The van der Waals surface area contributed by atoms with Crippen molar-refractivity contribution in [3.63, 3.8) is 0 Å². The highest BCUT2D eigenvalue weighted by Gasteiger charge is 2.32. The molecule has 1 atom stereocenters. The molecule has 0 aromatic carbocycles. The van der Waals surface area contributed by atoms with E-state index in [-0.39, 0.29) is 6.10 Å². The van der Waals surface area contributed by atoms with Crippen molar-refractivity contribution in [1.82, 2.24) is 4.90 Å². The second kappa shape index (κ2) is 2.72. The average Bonchev–Trinajstić information content (AvgIpc) is 2.31. The fraction of sp³-hybridized carbons (Fsp3) is 1.00. The van der Waals surface area contributed by atoms with Gasteiger partial charge in [-0.3, -0.25) is 4.90 Å². The van der Waals surface area contributed by atoms with E-state index in [1.165, 1.54) is 17.9 Å². The monoisotopic (exact) mass is 159 g/mol. The summed E-state index contributed by atoms with van der Waals surface area (Å²) in [5.74, 6) is 2.60. The molecular weight excluding hydrogens is 146 g/mol. The Labute approximate surface area is 65.6 Å². The van der Waals surface area contributed by atoms with Gasteiger partial charge in [0.25, 0.3) is 0 Å². The number of thioether (sulfide) groups is 1. The van der Waals surface area contributed by atoms with Gasteiger partial charge in [-0.2, -0.15) is 11.8 Å². The van der Waals surface area contributed by atoms with Gasteiger partial charge in [-0.15, -0.1) is 0 Å². The minimum Gasteiger partial charge on any atom is -0.390 e. The van der Waals surface area contributed by atoms with Crippen LogP contribution in [0.15, 0.2) is 0 Å². The Hall–Kier alpha value is 0.270. The molecular formula is C7H13NOS. The van der Waals surface area contributed by atoms with Crippen LogP contribution >= 0.6 is 11.8 Å². The van der Waals surface area contributed by atoms with E-state index in [2.05, 4.69) is 4.90 Å². The predicted molar refractivity (Wildman–Crippen MR) is 43.3 cm³/mol. The highest BCUT2D eigenvalue weighted by atomic mass is 32.2. The zero-order valence-electron chi connectivity index (χ0n) is 5.99. The van der Waals surface area contributed by atoms with Crippen molar-refractivity contribution in [3.05, 3.63) is 0 Å². The molecule has 0 aromatic heterocycles. The zero-order valence-corrected chi connectivity index (χ0v) is 6.81. The third-order valence-electron chi connectivity index (χ3n) is 2.31. The minimum absolute atomic E-state index is 0.0226. The molecule has 2 saturated heterocycles. The predicted octanol–water partition coefficient (Wildman–Crippen LogP) is 0.168. The van der Waals surface area contributed by atoms with Gasteiger partial charge in [0.1, 0.15) is 0 Å². The van der Waals surface area contributed by atoms with Crippen LogP contribution < -0.4 is 0 Å². The Bertz CT molecular complexity index is 119. The Morgan fingerprint density at radius 1 is 1.40 bits per heavy atom. The number of likely N-dealkylation sites (tertiary alicyclic amines) is 1. The molecule has 2 fully saturated rings. The van der Waals surface area contributed by atoms with Gasteiger partial charge in [0, 0.05) is 24.9 Å². The molecule has 2 aliphatic heterocycles. The molecule has 58 valence electrons. The second-order valence-electron chi connectivity index (χ2n) is 3.13. The molecule has 2 heterocycles. The van der Waals surface area contributed by atoms with E-state index in [0.717, 1.165) is 19.1 Å². The van der Waals surface area contributed by atoms with E-state index < -0.39 is 0 Å². The molecule has 0 saturated carbocycles. The second-order valence-corrected chi connectivity index (χ2v) is 4.27. The van der Waals surface area contributed by atoms with Gasteiger partial charge in [0.05, 0.1) is 6.10 Å². The Balaban J connectivity index is 1.78. The van der Waals surface area contributed by atoms with Crippen molar-refractivity contribution in [2.45, 2.75) is 18.6 Å². The van der Waals surface area contributed by atoms with Crippen LogP contribution in [0.3, 0.4) is 0 Å². The number of aliphatic hydroxyl groups excluding tert-OH is 1. The van der Waals surface area contributed by atoms with Crippen LogP contribution in [-0.4, -0.2) is 46.7 Å². The van der Waals surface area contributed by atoms with Gasteiger partial charge in [-0.05, 0) is 12.2 Å². The fourth-order valence-corrected chi connectivity index (χ4v) is 2.85. The first-order valence-corrected chi connectivity index (χ1v) is 5.01. The maximum Gasteiger partial charge on any atom is 0.0794 e. The van der Waals surface area contributed by atoms with E-state index in [9.17, 15) is 0 Å². The average molecular weight is 159 g/mol. The summed E-state index contributed by atoms with van der Waals surface area (Å²) < 4.78 is 0. The number of nitrogens with zero attached hydrogens (tertiary/aromatic N) is 1. The lowest BCUT2D eigenvalue weighted by molar-refractivity contribution is -0.0184. The lowest BCUT2D eigenvalue weighted by atomic mass is 10.1. The van der Waals surface area contributed by atoms with Gasteiger partial charge in [0.15, 0.2) is 0 Å². The Morgan fingerprint density at radius 2 is 2.20 bits per heavy atom. The molecule has 0 amide bonds. The van der Waals surface area contributed by atoms with E-state index >= 15 is 0 Å². The van der Waals surface area contributed by atoms with Crippen LogP contribution in [0.25, 0.3) is 0 Å². The number of rotatable bonds is 1. The molecule has 3 heteroatoms. The van der Waals surface area contributed by atoms with Gasteiger partial charge < -0.3 is 5.11 Å². The summed E-state index contributed by atoms with van der Waals surface area (Å²) in [5, 5.41) is 9.03. The van der Waals surface area contributed by atoms with Crippen molar-refractivity contribution in [1.29, 1.82) is 0 Å². The van der Waals surface area contributed by atoms with E-state index in [1.807, 2.05) is 11.8 Å². The minimum atomic E-state index is -0.0226. The SMILES string of the molecule is OC1CN([C@@H]2CCSC2)C1. The summed E-state index contributed by atoms with van der Waals surface area (Å²) in [7, 11) is 0. The molecule has 2 nitrogen and oxygen atoms in total. The highest BCUT2D eigenvalue weighted by Crippen LogP contribution is 2.25. The molecule has 2 rings (SSSR count). The fourth-order valence-electron chi connectivity index (χ4n) is 1.60. The molecule has 0 spiro atoms. The largest absolute Gasteiger partial charge is 0.390 e. The summed E-state index contributed by atoms with van der Waals surface area (Å²) in [5.41, 5.74) is 0. The van der Waals surface area contributed by atoms with Crippen LogP contribution in [0.4, 0.5) is 0 Å². The molecule has 10 heavy (non-hydrogen) atoms. The first kappa shape index (κ1) is 6.95. The van der Waals surface area contributed by atoms with Gasteiger partial charge in [0.2, 0.25) is 0 Å². The maximum absolute atomic E-state index is 9.03. The van der Waals surface area contributed by atoms with Crippen LogP contribution in [-0.2, 0) is 0 Å². The normalized spacial score (nSPS) is 36.3. The van der Waals surface area contributed by atoms with Crippen molar-refractivity contribution < 1.29 is 5.11 Å². The van der Waals surface area contributed by atoms with Gasteiger partial charge >= 0.3 is 0 Å². The smallest absolute Gasteiger partial charge is 0.0794 e.